The van der Waals surface area contributed by atoms with Crippen molar-refractivity contribution in [3.8, 4) is 5.75 Å². The maximum atomic E-state index is 13.5. The van der Waals surface area contributed by atoms with Gasteiger partial charge in [-0.25, -0.2) is 5.01 Å². The van der Waals surface area contributed by atoms with E-state index in [-0.39, 0.29) is 28.7 Å². The molecule has 5 rings (SSSR count). The van der Waals surface area contributed by atoms with Crippen LogP contribution in [0.15, 0.2) is 60.7 Å². The molecule has 2 fully saturated rings. The Morgan fingerprint density at radius 3 is 2.23 bits per heavy atom. The van der Waals surface area contributed by atoms with Gasteiger partial charge < -0.3 is 4.74 Å². The summed E-state index contributed by atoms with van der Waals surface area (Å²) in [6.07, 6.45) is 4.57. The lowest BCUT2D eigenvalue weighted by Gasteiger charge is -2.30. The van der Waals surface area contributed by atoms with E-state index in [0.29, 0.717) is 12.2 Å². The Kier molecular flexibility index (Phi) is 5.43. The third-order valence-electron chi connectivity index (χ3n) is 6.93. The average molecular weight is 475 g/mol. The van der Waals surface area contributed by atoms with Crippen LogP contribution in [0.5, 0.6) is 5.75 Å². The number of hydrazine groups is 1. The van der Waals surface area contributed by atoms with Gasteiger partial charge in [-0.15, -0.1) is 0 Å². The summed E-state index contributed by atoms with van der Waals surface area (Å²) in [5.41, 5.74) is -0.181. The Bertz CT molecular complexity index is 1260. The van der Waals surface area contributed by atoms with Gasteiger partial charge in [-0.3, -0.25) is 29.3 Å². The number of benzene rings is 2. The van der Waals surface area contributed by atoms with E-state index in [1.807, 2.05) is 12.2 Å². The number of allylic oxidation sites excluding steroid dienone is 2. The molecule has 2 bridgehead atoms. The van der Waals surface area contributed by atoms with Gasteiger partial charge in [-0.05, 0) is 48.6 Å². The Hall–Kier alpha value is -4.34. The number of methoxy groups -OCH3 is 1. The van der Waals surface area contributed by atoms with Crippen LogP contribution in [-0.2, 0) is 9.59 Å². The molecule has 0 spiro atoms. The third kappa shape index (κ3) is 3.67. The number of nitro groups is 1. The second-order valence-corrected chi connectivity index (χ2v) is 8.81. The van der Waals surface area contributed by atoms with Gasteiger partial charge in [0.05, 0.1) is 23.9 Å². The molecule has 1 saturated heterocycles. The average Bonchev–Trinajstić information content (AvgIpc) is 3.56. The summed E-state index contributed by atoms with van der Waals surface area (Å²) in [6.45, 7) is -0.590. The summed E-state index contributed by atoms with van der Waals surface area (Å²) in [6, 6.07) is 11.2. The number of hydrogen-bond acceptors (Lipinski definition) is 7. The number of carbonyl (C=O) groups is 4. The van der Waals surface area contributed by atoms with Gasteiger partial charge in [0.1, 0.15) is 12.3 Å². The van der Waals surface area contributed by atoms with Crippen LogP contribution in [0, 0.1) is 33.8 Å². The largest absolute Gasteiger partial charge is 0.497 e. The number of amides is 3. The van der Waals surface area contributed by atoms with E-state index < -0.39 is 46.8 Å². The normalized spacial score (nSPS) is 24.0. The highest BCUT2D eigenvalue weighted by molar-refractivity contribution is 6.10. The number of imide groups is 1. The lowest BCUT2D eigenvalue weighted by Crippen LogP contribution is -2.52. The van der Waals surface area contributed by atoms with Gasteiger partial charge in [0.15, 0.2) is 5.78 Å². The van der Waals surface area contributed by atoms with Gasteiger partial charge in [-0.1, -0.05) is 18.2 Å². The molecule has 0 aromatic heterocycles. The summed E-state index contributed by atoms with van der Waals surface area (Å²) >= 11 is 0. The highest BCUT2D eigenvalue weighted by Crippen LogP contribution is 2.52. The Morgan fingerprint density at radius 1 is 1.03 bits per heavy atom. The number of fused-ring (bicyclic) bond motifs is 5. The molecule has 3 aliphatic rings. The van der Waals surface area contributed by atoms with Gasteiger partial charge in [0, 0.05) is 23.3 Å². The quantitative estimate of drug-likeness (QED) is 0.198. The van der Waals surface area contributed by atoms with Crippen molar-refractivity contribution in [1.29, 1.82) is 0 Å². The lowest BCUT2D eigenvalue weighted by molar-refractivity contribution is -0.384. The highest BCUT2D eigenvalue weighted by atomic mass is 16.6. The Balaban J connectivity index is 1.50. The lowest BCUT2D eigenvalue weighted by atomic mass is 9.85. The standard InChI is InChI=1S/C25H21N3O7/c1-35-19-9-7-14(8-10-19)20(29)13-26(23(30)17-3-2-4-18(12-17)28(33)34)27-24(31)21-15-5-6-16(11-15)22(21)25(27)32/h2-10,12,15-16,21-22H,11,13H2,1H3/t15-,16-,21+,22+/m0/s1. The molecule has 2 aromatic carbocycles. The fourth-order valence-electron chi connectivity index (χ4n) is 5.26. The van der Waals surface area contributed by atoms with Crippen molar-refractivity contribution in [3.05, 3.63) is 81.9 Å². The molecule has 1 saturated carbocycles. The molecule has 178 valence electrons. The molecule has 1 heterocycles. The first-order chi connectivity index (χ1) is 16.8. The smallest absolute Gasteiger partial charge is 0.273 e. The van der Waals surface area contributed by atoms with Crippen molar-refractivity contribution in [3.63, 3.8) is 0 Å². The van der Waals surface area contributed by atoms with E-state index in [2.05, 4.69) is 0 Å². The van der Waals surface area contributed by atoms with Gasteiger partial charge in [0.25, 0.3) is 23.4 Å². The molecular formula is C25H21N3O7. The molecule has 2 aliphatic carbocycles. The van der Waals surface area contributed by atoms with Crippen molar-refractivity contribution in [1.82, 2.24) is 10.0 Å². The number of ketones is 1. The zero-order valence-corrected chi connectivity index (χ0v) is 18.7. The van der Waals surface area contributed by atoms with Gasteiger partial charge >= 0.3 is 0 Å². The zero-order valence-electron chi connectivity index (χ0n) is 18.7. The first-order valence-electron chi connectivity index (χ1n) is 11.1. The third-order valence-corrected chi connectivity index (χ3v) is 6.93. The minimum Gasteiger partial charge on any atom is -0.497 e. The van der Waals surface area contributed by atoms with Crippen LogP contribution >= 0.6 is 0 Å². The van der Waals surface area contributed by atoms with Crippen LogP contribution in [0.1, 0.15) is 27.1 Å². The highest BCUT2D eigenvalue weighted by Gasteiger charge is 2.61. The first kappa shape index (κ1) is 22.5. The Morgan fingerprint density at radius 2 is 1.66 bits per heavy atom. The summed E-state index contributed by atoms with van der Waals surface area (Å²) < 4.78 is 5.10. The monoisotopic (exact) mass is 475 g/mol. The van der Waals surface area contributed by atoms with Crippen LogP contribution in [0.25, 0.3) is 0 Å². The molecule has 4 atom stereocenters. The van der Waals surface area contributed by atoms with Crippen molar-refractivity contribution < 1.29 is 28.8 Å². The van der Waals surface area contributed by atoms with E-state index in [9.17, 15) is 29.3 Å². The summed E-state index contributed by atoms with van der Waals surface area (Å²) in [5, 5.41) is 12.8. The van der Waals surface area contributed by atoms with Crippen LogP contribution in [0.2, 0.25) is 0 Å². The first-order valence-corrected chi connectivity index (χ1v) is 11.1. The van der Waals surface area contributed by atoms with Crippen molar-refractivity contribution >= 4 is 29.2 Å². The van der Waals surface area contributed by atoms with E-state index in [1.165, 1.54) is 37.4 Å². The molecule has 3 amide bonds. The SMILES string of the molecule is COc1ccc(C(=O)CN(C(=O)c2cccc([N+](=O)[O-])c2)N2C(=O)[C@H]3[C@H](C2=O)[C@H]2C=C[C@H]3C2)cc1. The van der Waals surface area contributed by atoms with Crippen LogP contribution in [-0.4, -0.2) is 52.1 Å². The maximum absolute atomic E-state index is 13.5. The second kappa shape index (κ2) is 8.46. The number of hydrogen-bond donors (Lipinski definition) is 0. The van der Waals surface area contributed by atoms with Crippen LogP contribution in [0.3, 0.4) is 0 Å². The minimum absolute atomic E-state index is 0.0847. The molecule has 0 unspecified atom stereocenters. The van der Waals surface area contributed by atoms with E-state index >= 15 is 0 Å². The molecule has 35 heavy (non-hydrogen) atoms. The molecule has 10 heteroatoms. The fourth-order valence-corrected chi connectivity index (χ4v) is 5.26. The van der Waals surface area contributed by atoms with Crippen molar-refractivity contribution in [2.75, 3.05) is 13.7 Å². The topological polar surface area (TPSA) is 127 Å². The second-order valence-electron chi connectivity index (χ2n) is 8.81. The number of nitrogens with zero attached hydrogens (tertiary/aromatic N) is 3. The predicted molar refractivity (Wildman–Crippen MR) is 121 cm³/mol. The number of carbonyl (C=O) groups excluding carboxylic acids is 4. The summed E-state index contributed by atoms with van der Waals surface area (Å²) in [7, 11) is 1.49. The maximum Gasteiger partial charge on any atom is 0.273 e. The number of non-ortho nitro benzene ring substituents is 1. The van der Waals surface area contributed by atoms with Crippen molar-refractivity contribution in [2.45, 2.75) is 6.42 Å². The molecule has 2 aromatic rings. The van der Waals surface area contributed by atoms with Crippen LogP contribution in [0.4, 0.5) is 5.69 Å². The molecule has 10 nitrogen and oxygen atoms in total. The molecule has 0 radical (unpaired) electrons. The number of nitro benzene ring substituents is 1. The van der Waals surface area contributed by atoms with E-state index in [1.54, 1.807) is 12.1 Å². The number of rotatable bonds is 7. The zero-order chi connectivity index (χ0) is 24.9. The minimum atomic E-state index is -0.849. The van der Waals surface area contributed by atoms with Crippen LogP contribution < -0.4 is 4.74 Å². The number of Topliss-reactive ketones (excluding diaryl/α,β-unsaturated/α-hetero) is 1. The van der Waals surface area contributed by atoms with E-state index in [4.69, 9.17) is 4.74 Å². The molecule has 1 aliphatic heterocycles. The summed E-state index contributed by atoms with van der Waals surface area (Å²) in [4.78, 5) is 64.0. The van der Waals surface area contributed by atoms with Gasteiger partial charge in [0.2, 0.25) is 0 Å². The van der Waals surface area contributed by atoms with Gasteiger partial charge in [-0.2, -0.15) is 5.01 Å². The Labute approximate surface area is 199 Å². The van der Waals surface area contributed by atoms with E-state index in [0.717, 1.165) is 16.1 Å². The summed E-state index contributed by atoms with van der Waals surface area (Å²) in [5.74, 6) is -3.20. The van der Waals surface area contributed by atoms with Crippen molar-refractivity contribution in [2.24, 2.45) is 23.7 Å². The molecule has 0 N–H and O–H groups in total. The number of ether oxygens (including phenoxy) is 1. The molecular weight excluding hydrogens is 454 g/mol. The fraction of sp³-hybridized carbons (Fsp3) is 0.280. The predicted octanol–water partition coefficient (Wildman–Crippen LogP) is 2.65.